The molecule has 2 nitrogen and oxygen atoms in total. The summed E-state index contributed by atoms with van der Waals surface area (Å²) in [5, 5.41) is 4.47. The van der Waals surface area contributed by atoms with Gasteiger partial charge in [-0.3, -0.25) is 4.68 Å². The van der Waals surface area contributed by atoms with E-state index in [2.05, 4.69) is 21.0 Å². The van der Waals surface area contributed by atoms with Gasteiger partial charge in [-0.1, -0.05) is 18.2 Å². The fourth-order valence-corrected chi connectivity index (χ4v) is 3.07. The van der Waals surface area contributed by atoms with Crippen LogP contribution in [0.4, 0.5) is 4.39 Å². The predicted octanol–water partition coefficient (Wildman–Crippen LogP) is 4.68. The lowest BCUT2D eigenvalue weighted by Crippen LogP contribution is -2.11. The molecule has 1 aromatic heterocycles. The van der Waals surface area contributed by atoms with Gasteiger partial charge in [-0.2, -0.15) is 5.10 Å². The number of alkyl halides is 1. The SMILES string of the molecule is CCn1nc(C)c(Br)c1CC(CCl)c1ccccc1F. The van der Waals surface area contributed by atoms with Crippen LogP contribution in [0.15, 0.2) is 28.7 Å². The third-order valence-electron chi connectivity index (χ3n) is 3.42. The van der Waals surface area contributed by atoms with Crippen LogP contribution in [0.2, 0.25) is 0 Å². The number of hydrogen-bond acceptors (Lipinski definition) is 1. The van der Waals surface area contributed by atoms with Crippen molar-refractivity contribution >= 4 is 27.5 Å². The Kier molecular flexibility index (Phi) is 5.22. The van der Waals surface area contributed by atoms with Crippen LogP contribution in [0.25, 0.3) is 0 Å². The Labute approximate surface area is 132 Å². The van der Waals surface area contributed by atoms with E-state index in [0.717, 1.165) is 22.4 Å². The van der Waals surface area contributed by atoms with E-state index in [9.17, 15) is 4.39 Å². The van der Waals surface area contributed by atoms with E-state index in [1.165, 1.54) is 6.07 Å². The molecule has 0 aliphatic rings. The number of rotatable bonds is 5. The van der Waals surface area contributed by atoms with E-state index in [0.29, 0.717) is 17.9 Å². The quantitative estimate of drug-likeness (QED) is 0.709. The average Bonchev–Trinajstić information content (AvgIpc) is 2.73. The molecule has 0 aliphatic heterocycles. The summed E-state index contributed by atoms with van der Waals surface area (Å²) in [5.41, 5.74) is 2.68. The zero-order valence-electron chi connectivity index (χ0n) is 11.5. The Morgan fingerprint density at radius 3 is 2.70 bits per heavy atom. The Hall–Kier alpha value is -0.870. The molecule has 0 radical (unpaired) electrons. The molecular formula is C15H17BrClFN2. The first-order valence-electron chi connectivity index (χ1n) is 6.60. The van der Waals surface area contributed by atoms with Crippen LogP contribution in [-0.4, -0.2) is 15.7 Å². The van der Waals surface area contributed by atoms with E-state index < -0.39 is 0 Å². The molecule has 1 aromatic carbocycles. The van der Waals surface area contributed by atoms with Crippen molar-refractivity contribution in [1.82, 2.24) is 9.78 Å². The minimum Gasteiger partial charge on any atom is -0.268 e. The molecule has 0 N–H and O–H groups in total. The van der Waals surface area contributed by atoms with E-state index in [-0.39, 0.29) is 11.7 Å². The molecule has 2 aromatic rings. The summed E-state index contributed by atoms with van der Waals surface area (Å²) in [6, 6.07) is 6.82. The second kappa shape index (κ2) is 6.72. The van der Waals surface area contributed by atoms with E-state index in [1.54, 1.807) is 12.1 Å². The summed E-state index contributed by atoms with van der Waals surface area (Å²) < 4.78 is 16.9. The fraction of sp³-hybridized carbons (Fsp3) is 0.400. The molecule has 0 amide bonds. The minimum atomic E-state index is -0.200. The number of aromatic nitrogens is 2. The second-order valence-electron chi connectivity index (χ2n) is 4.74. The first-order valence-corrected chi connectivity index (χ1v) is 7.93. The third kappa shape index (κ3) is 3.07. The lowest BCUT2D eigenvalue weighted by Gasteiger charge is -2.16. The Morgan fingerprint density at radius 1 is 1.40 bits per heavy atom. The molecule has 20 heavy (non-hydrogen) atoms. The van der Waals surface area contributed by atoms with Gasteiger partial charge in [0.1, 0.15) is 5.82 Å². The molecule has 1 atom stereocenters. The Morgan fingerprint density at radius 2 is 2.10 bits per heavy atom. The van der Waals surface area contributed by atoms with Gasteiger partial charge in [-0.15, -0.1) is 11.6 Å². The maximum Gasteiger partial charge on any atom is 0.126 e. The van der Waals surface area contributed by atoms with Crippen LogP contribution in [0, 0.1) is 12.7 Å². The molecule has 2 rings (SSSR count). The lowest BCUT2D eigenvalue weighted by molar-refractivity contribution is 0.565. The van der Waals surface area contributed by atoms with Crippen molar-refractivity contribution in [1.29, 1.82) is 0 Å². The minimum absolute atomic E-state index is 0.0597. The van der Waals surface area contributed by atoms with Gasteiger partial charge in [0, 0.05) is 18.3 Å². The largest absolute Gasteiger partial charge is 0.268 e. The average molecular weight is 360 g/mol. The maximum absolute atomic E-state index is 13.9. The normalized spacial score (nSPS) is 12.7. The Balaban J connectivity index is 2.34. The van der Waals surface area contributed by atoms with Crippen LogP contribution >= 0.6 is 27.5 Å². The fourth-order valence-electron chi connectivity index (χ4n) is 2.35. The van der Waals surface area contributed by atoms with Gasteiger partial charge < -0.3 is 0 Å². The Bertz CT molecular complexity index is 598. The molecule has 0 bridgehead atoms. The molecular weight excluding hydrogens is 343 g/mol. The topological polar surface area (TPSA) is 17.8 Å². The van der Waals surface area contributed by atoms with Crippen LogP contribution in [0.3, 0.4) is 0 Å². The molecule has 108 valence electrons. The molecule has 5 heteroatoms. The molecule has 0 saturated carbocycles. The summed E-state index contributed by atoms with van der Waals surface area (Å²) >= 11 is 9.64. The van der Waals surface area contributed by atoms with Gasteiger partial charge >= 0.3 is 0 Å². The maximum atomic E-state index is 13.9. The van der Waals surface area contributed by atoms with Crippen molar-refractivity contribution in [2.45, 2.75) is 32.7 Å². The highest BCUT2D eigenvalue weighted by Gasteiger charge is 2.20. The standard InChI is InChI=1S/C15H17BrClFN2/c1-3-20-14(15(16)10(2)19-20)8-11(9-17)12-6-4-5-7-13(12)18/h4-7,11H,3,8-9H2,1-2H3. The summed E-state index contributed by atoms with van der Waals surface area (Å²) in [7, 11) is 0. The number of halogens is 3. The smallest absolute Gasteiger partial charge is 0.126 e. The van der Waals surface area contributed by atoms with Gasteiger partial charge in [-0.05, 0) is 47.8 Å². The predicted molar refractivity (Wildman–Crippen MR) is 83.9 cm³/mol. The van der Waals surface area contributed by atoms with Crippen LogP contribution < -0.4 is 0 Å². The second-order valence-corrected chi connectivity index (χ2v) is 5.84. The van der Waals surface area contributed by atoms with Gasteiger partial charge in [0.15, 0.2) is 0 Å². The first kappa shape index (κ1) is 15.5. The molecule has 0 spiro atoms. The molecule has 1 unspecified atom stereocenters. The highest BCUT2D eigenvalue weighted by Crippen LogP contribution is 2.29. The number of aryl methyl sites for hydroxylation is 2. The van der Waals surface area contributed by atoms with Gasteiger partial charge in [0.25, 0.3) is 0 Å². The van der Waals surface area contributed by atoms with Gasteiger partial charge in [0.2, 0.25) is 0 Å². The van der Waals surface area contributed by atoms with Gasteiger partial charge in [-0.25, -0.2) is 4.39 Å². The monoisotopic (exact) mass is 358 g/mol. The van der Waals surface area contributed by atoms with Crippen molar-refractivity contribution < 1.29 is 4.39 Å². The van der Waals surface area contributed by atoms with Crippen molar-refractivity contribution in [3.63, 3.8) is 0 Å². The van der Waals surface area contributed by atoms with E-state index in [4.69, 9.17) is 11.6 Å². The zero-order chi connectivity index (χ0) is 14.7. The molecule has 0 saturated heterocycles. The van der Waals surface area contributed by atoms with Crippen molar-refractivity contribution in [2.75, 3.05) is 5.88 Å². The van der Waals surface area contributed by atoms with Crippen molar-refractivity contribution in [3.05, 3.63) is 51.5 Å². The highest BCUT2D eigenvalue weighted by atomic mass is 79.9. The highest BCUT2D eigenvalue weighted by molar-refractivity contribution is 9.10. The lowest BCUT2D eigenvalue weighted by atomic mass is 9.95. The summed E-state index contributed by atoms with van der Waals surface area (Å²) in [6.07, 6.45) is 0.666. The summed E-state index contributed by atoms with van der Waals surface area (Å²) in [4.78, 5) is 0. The van der Waals surface area contributed by atoms with Crippen LogP contribution in [0.5, 0.6) is 0 Å². The molecule has 0 aliphatic carbocycles. The van der Waals surface area contributed by atoms with Gasteiger partial charge in [0.05, 0.1) is 15.9 Å². The zero-order valence-corrected chi connectivity index (χ0v) is 13.9. The van der Waals surface area contributed by atoms with E-state index >= 15 is 0 Å². The number of nitrogens with zero attached hydrogens (tertiary/aromatic N) is 2. The number of hydrogen-bond donors (Lipinski definition) is 0. The third-order valence-corrected chi connectivity index (χ3v) is 4.83. The van der Waals surface area contributed by atoms with Crippen LogP contribution in [-0.2, 0) is 13.0 Å². The number of benzene rings is 1. The van der Waals surface area contributed by atoms with Crippen molar-refractivity contribution in [3.8, 4) is 0 Å². The van der Waals surface area contributed by atoms with Crippen molar-refractivity contribution in [2.24, 2.45) is 0 Å². The first-order chi connectivity index (χ1) is 9.58. The van der Waals surface area contributed by atoms with E-state index in [1.807, 2.05) is 24.6 Å². The summed E-state index contributed by atoms with van der Waals surface area (Å²) in [6.45, 7) is 4.79. The molecule has 1 heterocycles. The molecule has 0 fully saturated rings. The summed E-state index contributed by atoms with van der Waals surface area (Å²) in [5.74, 6) is 0.116. The van der Waals surface area contributed by atoms with Crippen LogP contribution in [0.1, 0.15) is 29.8 Å².